The van der Waals surface area contributed by atoms with Gasteiger partial charge in [0.25, 0.3) is 0 Å². The summed E-state index contributed by atoms with van der Waals surface area (Å²) in [5.74, 6) is 0.856. The summed E-state index contributed by atoms with van der Waals surface area (Å²) in [6.07, 6.45) is 3.92. The van der Waals surface area contributed by atoms with E-state index in [0.717, 1.165) is 57.4 Å². The Hall–Kier alpha value is -2.50. The van der Waals surface area contributed by atoms with Crippen LogP contribution in [0.4, 0.5) is 5.69 Å². The Labute approximate surface area is 229 Å². The molecule has 0 unspecified atom stereocenters. The number of hydrogen-bond acceptors (Lipinski definition) is 8. The maximum Gasteiger partial charge on any atom is 0.213 e. The third-order valence-electron chi connectivity index (χ3n) is 7.15. The average molecular weight is 557 g/mol. The van der Waals surface area contributed by atoms with Gasteiger partial charge in [-0.1, -0.05) is 18.2 Å². The van der Waals surface area contributed by atoms with Crippen molar-refractivity contribution >= 4 is 27.0 Å². The van der Waals surface area contributed by atoms with Gasteiger partial charge in [0.15, 0.2) is 0 Å². The number of fused-ring (bicyclic) bond motifs is 1. The molecule has 1 saturated heterocycles. The highest BCUT2D eigenvalue weighted by molar-refractivity contribution is 7.89. The number of thiazole rings is 1. The Morgan fingerprint density at radius 1 is 1.24 bits per heavy atom. The molecule has 204 valence electrons. The molecule has 5 rings (SSSR count). The molecule has 8 nitrogen and oxygen atoms in total. The summed E-state index contributed by atoms with van der Waals surface area (Å²) < 4.78 is 34.6. The molecule has 0 radical (unpaired) electrons. The second-order valence-electron chi connectivity index (χ2n) is 10.3. The Kier molecular flexibility index (Phi) is 8.06. The number of hydrogen-bond donors (Lipinski definition) is 3. The maximum absolute atomic E-state index is 12.9. The van der Waals surface area contributed by atoms with Crippen molar-refractivity contribution in [2.75, 3.05) is 37.8 Å². The van der Waals surface area contributed by atoms with Gasteiger partial charge < -0.3 is 15.2 Å². The van der Waals surface area contributed by atoms with E-state index in [1.54, 1.807) is 11.3 Å². The summed E-state index contributed by atoms with van der Waals surface area (Å²) in [5.41, 5.74) is 5.29. The molecule has 0 bridgehead atoms. The standard InChI is InChI=1S/C28H36N4O4S2/c1-18(2)36-26-10-7-19(15-25(26)29-3)28-30-16-27(37-28)23-6-4-5-22-21(23)8-9-24(22)31-38(34,35)14-13-32-12-11-20(33)17-32/h4-7,10,15-16,18,20,24,29,31,33H,8-9,11-14,17H2,1-3H3/t20-,24-/m0/s1. The highest BCUT2D eigenvalue weighted by Gasteiger charge is 2.30. The molecule has 10 heteroatoms. The number of ether oxygens (including phenoxy) is 1. The summed E-state index contributed by atoms with van der Waals surface area (Å²) in [6, 6.07) is 12.0. The predicted molar refractivity (Wildman–Crippen MR) is 153 cm³/mol. The van der Waals surface area contributed by atoms with Gasteiger partial charge in [0.05, 0.1) is 28.5 Å². The van der Waals surface area contributed by atoms with Gasteiger partial charge in [0.2, 0.25) is 10.0 Å². The van der Waals surface area contributed by atoms with Gasteiger partial charge in [-0.05, 0) is 68.0 Å². The van der Waals surface area contributed by atoms with Gasteiger partial charge in [-0.2, -0.15) is 0 Å². The van der Waals surface area contributed by atoms with Crippen LogP contribution in [0.2, 0.25) is 0 Å². The molecular weight excluding hydrogens is 520 g/mol. The lowest BCUT2D eigenvalue weighted by Crippen LogP contribution is -2.35. The molecule has 2 aliphatic rings. The number of nitrogens with one attached hydrogen (secondary N) is 2. The summed E-state index contributed by atoms with van der Waals surface area (Å²) in [6.45, 7) is 5.75. The molecule has 38 heavy (non-hydrogen) atoms. The van der Waals surface area contributed by atoms with Crippen molar-refractivity contribution < 1.29 is 18.3 Å². The van der Waals surface area contributed by atoms with Crippen molar-refractivity contribution in [2.45, 2.75) is 51.4 Å². The van der Waals surface area contributed by atoms with Crippen molar-refractivity contribution in [3.8, 4) is 26.8 Å². The van der Waals surface area contributed by atoms with Crippen LogP contribution in [0.1, 0.15) is 43.9 Å². The Balaban J connectivity index is 1.32. The highest BCUT2D eigenvalue weighted by atomic mass is 32.2. The SMILES string of the molecule is CNc1cc(-c2ncc(-c3cccc4c3CC[C@@H]4NS(=O)(=O)CCN3CC[C@H](O)C3)s2)ccc1OC(C)C. The number of sulfonamides is 1. The molecule has 1 aromatic heterocycles. The largest absolute Gasteiger partial charge is 0.489 e. The van der Waals surface area contributed by atoms with Crippen LogP contribution in [-0.2, 0) is 16.4 Å². The van der Waals surface area contributed by atoms with Crippen molar-refractivity contribution in [1.82, 2.24) is 14.6 Å². The first-order valence-corrected chi connectivity index (χ1v) is 15.7. The number of anilines is 1. The lowest BCUT2D eigenvalue weighted by atomic mass is 10.0. The van der Waals surface area contributed by atoms with E-state index in [1.807, 2.05) is 56.3 Å². The predicted octanol–water partition coefficient (Wildman–Crippen LogP) is 4.28. The quantitative estimate of drug-likeness (QED) is 0.343. The highest BCUT2D eigenvalue weighted by Crippen LogP contribution is 2.42. The Morgan fingerprint density at radius 3 is 2.82 bits per heavy atom. The van der Waals surface area contributed by atoms with Crippen LogP contribution in [0.25, 0.3) is 21.0 Å². The molecule has 2 atom stereocenters. The lowest BCUT2D eigenvalue weighted by molar-refractivity contribution is 0.178. The minimum Gasteiger partial charge on any atom is -0.489 e. The lowest BCUT2D eigenvalue weighted by Gasteiger charge is -2.18. The molecule has 1 fully saturated rings. The summed E-state index contributed by atoms with van der Waals surface area (Å²) in [4.78, 5) is 7.80. The van der Waals surface area contributed by atoms with Crippen molar-refractivity contribution in [3.63, 3.8) is 0 Å². The van der Waals surface area contributed by atoms with Crippen LogP contribution in [0.5, 0.6) is 5.75 Å². The number of nitrogens with zero attached hydrogens (tertiary/aromatic N) is 2. The van der Waals surface area contributed by atoms with Crippen LogP contribution < -0.4 is 14.8 Å². The molecule has 0 spiro atoms. The molecule has 1 aliphatic carbocycles. The van der Waals surface area contributed by atoms with Gasteiger partial charge >= 0.3 is 0 Å². The topological polar surface area (TPSA) is 104 Å². The van der Waals surface area contributed by atoms with E-state index in [9.17, 15) is 13.5 Å². The molecular formula is C28H36N4O4S2. The van der Waals surface area contributed by atoms with E-state index in [0.29, 0.717) is 19.5 Å². The second-order valence-corrected chi connectivity index (χ2v) is 13.2. The van der Waals surface area contributed by atoms with E-state index in [4.69, 9.17) is 9.72 Å². The van der Waals surface area contributed by atoms with Crippen LogP contribution >= 0.6 is 11.3 Å². The fourth-order valence-electron chi connectivity index (χ4n) is 5.30. The molecule has 1 aliphatic heterocycles. The molecule has 3 aromatic rings. The second kappa shape index (κ2) is 11.3. The maximum atomic E-state index is 12.9. The molecule has 3 N–H and O–H groups in total. The summed E-state index contributed by atoms with van der Waals surface area (Å²) >= 11 is 1.64. The zero-order valence-corrected chi connectivity index (χ0v) is 23.7. The number of benzene rings is 2. The van der Waals surface area contributed by atoms with Crippen molar-refractivity contribution in [1.29, 1.82) is 0 Å². The number of likely N-dealkylation sites (tertiary alicyclic amines) is 1. The minimum absolute atomic E-state index is 0.0407. The minimum atomic E-state index is -3.44. The van der Waals surface area contributed by atoms with Gasteiger partial charge in [-0.15, -0.1) is 11.3 Å². The first-order chi connectivity index (χ1) is 18.2. The monoisotopic (exact) mass is 556 g/mol. The van der Waals surface area contributed by atoms with Crippen LogP contribution in [0.3, 0.4) is 0 Å². The number of aliphatic hydroxyl groups is 1. The van der Waals surface area contributed by atoms with E-state index < -0.39 is 10.0 Å². The zero-order valence-electron chi connectivity index (χ0n) is 22.1. The van der Waals surface area contributed by atoms with Gasteiger partial charge in [-0.25, -0.2) is 18.1 Å². The number of β-amino-alcohol motifs (C(OH)–C–C–N with tert-alkyl or cyclic N) is 1. The van der Waals surface area contributed by atoms with Crippen LogP contribution in [-0.4, -0.2) is 68.1 Å². The zero-order chi connectivity index (χ0) is 26.9. The van der Waals surface area contributed by atoms with Crippen LogP contribution in [0.15, 0.2) is 42.6 Å². The first kappa shape index (κ1) is 27.1. The van der Waals surface area contributed by atoms with E-state index >= 15 is 0 Å². The van der Waals surface area contributed by atoms with Gasteiger partial charge in [0, 0.05) is 44.5 Å². The third-order valence-corrected chi connectivity index (χ3v) is 9.59. The van der Waals surface area contributed by atoms with E-state index in [1.165, 1.54) is 5.56 Å². The molecule has 0 saturated carbocycles. The fourth-order valence-corrected chi connectivity index (χ4v) is 7.55. The number of aliphatic hydroxyl groups excluding tert-OH is 1. The fraction of sp³-hybridized carbons (Fsp3) is 0.464. The summed E-state index contributed by atoms with van der Waals surface area (Å²) in [7, 11) is -1.56. The van der Waals surface area contributed by atoms with Gasteiger partial charge in [0.1, 0.15) is 10.8 Å². The number of aromatic nitrogens is 1. The Morgan fingerprint density at radius 2 is 2.08 bits per heavy atom. The molecule has 0 amide bonds. The van der Waals surface area contributed by atoms with Crippen LogP contribution in [0, 0.1) is 0 Å². The normalized spacial score (nSPS) is 19.7. The van der Waals surface area contributed by atoms with Crippen molar-refractivity contribution in [2.24, 2.45) is 0 Å². The van der Waals surface area contributed by atoms with E-state index in [-0.39, 0.29) is 24.0 Å². The number of rotatable bonds is 10. The summed E-state index contributed by atoms with van der Waals surface area (Å²) in [5, 5.41) is 13.8. The van der Waals surface area contributed by atoms with Crippen molar-refractivity contribution in [3.05, 3.63) is 53.7 Å². The average Bonchev–Trinajstić information content (AvgIpc) is 3.63. The Bertz CT molecular complexity index is 1390. The first-order valence-electron chi connectivity index (χ1n) is 13.2. The van der Waals surface area contributed by atoms with E-state index in [2.05, 4.69) is 22.2 Å². The van der Waals surface area contributed by atoms with Gasteiger partial charge in [-0.3, -0.25) is 4.90 Å². The molecule has 2 aromatic carbocycles. The third kappa shape index (κ3) is 6.05. The smallest absolute Gasteiger partial charge is 0.213 e. The molecule has 2 heterocycles.